The lowest BCUT2D eigenvalue weighted by Crippen LogP contribution is -1.84. The molecule has 2 nitrogen and oxygen atoms in total. The Morgan fingerprint density at radius 2 is 1.20 bits per heavy atom. The number of ether oxygens (including phenoxy) is 2. The Labute approximate surface area is 164 Å². The number of hydrogen-bond acceptors (Lipinski definition) is 2. The molecule has 0 N–H and O–H groups in total. The molecule has 0 atom stereocenters. The van der Waals surface area contributed by atoms with Gasteiger partial charge in [0.25, 0.3) is 0 Å². The zero-order chi connectivity index (χ0) is 17.6. The van der Waals surface area contributed by atoms with Gasteiger partial charge in [-0.1, -0.05) is 37.9 Å². The van der Waals surface area contributed by atoms with Gasteiger partial charge in [0, 0.05) is 10.2 Å². The van der Waals surface area contributed by atoms with Crippen molar-refractivity contribution < 1.29 is 9.47 Å². The van der Waals surface area contributed by atoms with E-state index in [2.05, 4.69) is 86.5 Å². The van der Waals surface area contributed by atoms with Gasteiger partial charge in [-0.3, -0.25) is 0 Å². The molecule has 0 saturated carbocycles. The average Bonchev–Trinajstić information content (AvgIpc) is 2.92. The van der Waals surface area contributed by atoms with E-state index in [1.807, 2.05) is 0 Å². The normalized spacial score (nSPS) is 11.2. The Morgan fingerprint density at radius 3 is 1.64 bits per heavy atom. The third kappa shape index (κ3) is 2.77. The molecule has 5 heteroatoms. The summed E-state index contributed by atoms with van der Waals surface area (Å²) in [6.07, 6.45) is 0. The van der Waals surface area contributed by atoms with Crippen LogP contribution in [0.25, 0.3) is 26.3 Å². The van der Waals surface area contributed by atoms with Crippen LogP contribution in [-0.2, 0) is 0 Å². The first-order chi connectivity index (χ1) is 12.1. The highest BCUT2D eigenvalue weighted by Crippen LogP contribution is 2.57. The Balaban J connectivity index is 2.21. The fourth-order valence-electron chi connectivity index (χ4n) is 3.19. The molecule has 0 amide bonds. The Hall–Kier alpha value is -1.48. The molecule has 1 heterocycles. The zero-order valence-corrected chi connectivity index (χ0v) is 17.8. The molecule has 126 valence electrons. The van der Waals surface area contributed by atoms with Crippen LogP contribution >= 0.6 is 39.4 Å². The largest absolute Gasteiger partial charge is 0.496 e. The van der Waals surface area contributed by atoms with Gasteiger partial charge in [-0.25, -0.2) is 0 Å². The average molecular weight is 478 g/mol. The van der Waals surface area contributed by atoms with Crippen LogP contribution in [-0.4, -0.2) is 14.2 Å². The van der Waals surface area contributed by atoms with Crippen LogP contribution in [0.1, 0.15) is 0 Å². The predicted octanol–water partition coefficient (Wildman–Crippen LogP) is 7.51. The van der Waals surface area contributed by atoms with Crippen molar-refractivity contribution >= 4 is 60.4 Å². The van der Waals surface area contributed by atoms with E-state index in [9.17, 15) is 0 Å². The molecule has 1 aromatic heterocycles. The molecule has 4 rings (SSSR count). The lowest BCUT2D eigenvalue weighted by atomic mass is 10.1. The van der Waals surface area contributed by atoms with Gasteiger partial charge in [-0.2, -0.15) is 0 Å². The van der Waals surface area contributed by atoms with E-state index in [4.69, 9.17) is 9.47 Å². The van der Waals surface area contributed by atoms with Crippen LogP contribution in [0.2, 0.25) is 0 Å². The summed E-state index contributed by atoms with van der Waals surface area (Å²) in [4.78, 5) is 0. The maximum atomic E-state index is 5.53. The number of benzene rings is 3. The second kappa shape index (κ2) is 6.68. The van der Waals surface area contributed by atoms with Crippen molar-refractivity contribution in [2.24, 2.45) is 0 Å². The van der Waals surface area contributed by atoms with Crippen LogP contribution in [0.4, 0.5) is 0 Å². The highest BCUT2D eigenvalue weighted by molar-refractivity contribution is 9.11. The van der Waals surface area contributed by atoms with Gasteiger partial charge in [0.05, 0.1) is 23.2 Å². The third-order valence-corrected chi connectivity index (χ3v) is 8.08. The van der Waals surface area contributed by atoms with E-state index in [-0.39, 0.29) is 0 Å². The van der Waals surface area contributed by atoms with Gasteiger partial charge in [0.2, 0.25) is 0 Å². The highest BCUT2D eigenvalue weighted by Gasteiger charge is 2.18. The topological polar surface area (TPSA) is 18.5 Å². The lowest BCUT2D eigenvalue weighted by molar-refractivity contribution is 0.412. The van der Waals surface area contributed by atoms with E-state index in [0.717, 1.165) is 20.4 Å². The van der Waals surface area contributed by atoms with E-state index in [1.54, 1.807) is 14.2 Å². The molecule has 0 fully saturated rings. The number of hydrogen-bond donors (Lipinski definition) is 0. The molecule has 0 aliphatic heterocycles. The van der Waals surface area contributed by atoms with Crippen LogP contribution in [0.3, 0.4) is 0 Å². The molecule has 3 aromatic carbocycles. The second-order valence-corrected chi connectivity index (χ2v) is 9.54. The molecule has 4 aromatic rings. The van der Waals surface area contributed by atoms with Crippen LogP contribution in [0.5, 0.6) is 11.5 Å². The van der Waals surface area contributed by atoms with Gasteiger partial charge in [-0.05, 0) is 72.2 Å². The predicted molar refractivity (Wildman–Crippen MR) is 114 cm³/mol. The SMILES string of the molecule is COc1cc2c3cc(OC)c(Br)cc3p(-c3ccccc3)c2cc1Br. The van der Waals surface area contributed by atoms with Crippen molar-refractivity contribution in [3.8, 4) is 16.8 Å². The van der Waals surface area contributed by atoms with Gasteiger partial charge >= 0.3 is 0 Å². The smallest absolute Gasteiger partial charge is 0.133 e. The summed E-state index contributed by atoms with van der Waals surface area (Å²) in [6, 6.07) is 19.3. The van der Waals surface area contributed by atoms with Crippen molar-refractivity contribution in [2.75, 3.05) is 14.2 Å². The minimum atomic E-state index is -0.610. The molecular weight excluding hydrogens is 463 g/mol. The maximum Gasteiger partial charge on any atom is 0.133 e. The minimum Gasteiger partial charge on any atom is -0.496 e. The van der Waals surface area contributed by atoms with Crippen LogP contribution in [0, 0.1) is 0 Å². The second-order valence-electron chi connectivity index (χ2n) is 5.68. The zero-order valence-electron chi connectivity index (χ0n) is 13.7. The monoisotopic (exact) mass is 476 g/mol. The first kappa shape index (κ1) is 17.0. The summed E-state index contributed by atoms with van der Waals surface area (Å²) in [7, 11) is 2.79. The Morgan fingerprint density at radius 1 is 0.720 bits per heavy atom. The van der Waals surface area contributed by atoms with E-state index in [1.165, 1.54) is 26.3 Å². The number of fused-ring (bicyclic) bond motifs is 3. The van der Waals surface area contributed by atoms with Crippen molar-refractivity contribution in [2.45, 2.75) is 0 Å². The summed E-state index contributed by atoms with van der Waals surface area (Å²) in [5.74, 6) is 1.69. The Kier molecular flexibility index (Phi) is 4.53. The first-order valence-corrected chi connectivity index (χ1v) is 10.7. The third-order valence-electron chi connectivity index (χ3n) is 4.33. The number of halogens is 2. The molecule has 0 aliphatic rings. The molecule has 0 radical (unpaired) electrons. The summed E-state index contributed by atoms with van der Waals surface area (Å²) < 4.78 is 13.0. The molecule has 0 aliphatic carbocycles. The standard InChI is InChI=1S/C20H15Br2O2P/c1-23-17-8-13-14-9-18(24-2)16(22)11-20(14)25(19(13)10-15(17)21)12-6-4-3-5-7-12/h3-11H,1-2H3. The molecular formula is C20H15Br2O2P. The molecule has 0 saturated heterocycles. The number of rotatable bonds is 3. The summed E-state index contributed by atoms with van der Waals surface area (Å²) >= 11 is 7.30. The van der Waals surface area contributed by atoms with Crippen LogP contribution < -0.4 is 9.47 Å². The maximum absolute atomic E-state index is 5.53. The van der Waals surface area contributed by atoms with Gasteiger partial charge in [0.15, 0.2) is 0 Å². The first-order valence-electron chi connectivity index (χ1n) is 7.74. The van der Waals surface area contributed by atoms with Crippen LogP contribution in [0.15, 0.2) is 63.5 Å². The fourth-order valence-corrected chi connectivity index (χ4v) is 7.20. The van der Waals surface area contributed by atoms with Gasteiger partial charge in [-0.15, -0.1) is 0 Å². The van der Waals surface area contributed by atoms with E-state index in [0.29, 0.717) is 0 Å². The van der Waals surface area contributed by atoms with E-state index >= 15 is 0 Å². The number of methoxy groups -OCH3 is 2. The van der Waals surface area contributed by atoms with Gasteiger partial charge in [0.1, 0.15) is 11.5 Å². The van der Waals surface area contributed by atoms with Gasteiger partial charge < -0.3 is 9.47 Å². The van der Waals surface area contributed by atoms with E-state index < -0.39 is 7.53 Å². The molecule has 25 heavy (non-hydrogen) atoms. The highest BCUT2D eigenvalue weighted by atomic mass is 79.9. The van der Waals surface area contributed by atoms with Crippen molar-refractivity contribution in [1.82, 2.24) is 0 Å². The van der Waals surface area contributed by atoms with Crippen molar-refractivity contribution in [3.05, 3.63) is 63.5 Å². The van der Waals surface area contributed by atoms with Crippen molar-refractivity contribution in [1.29, 1.82) is 0 Å². The lowest BCUT2D eigenvalue weighted by Gasteiger charge is -2.06. The van der Waals surface area contributed by atoms with Crippen molar-refractivity contribution in [3.63, 3.8) is 0 Å². The summed E-state index contributed by atoms with van der Waals surface area (Å²) in [5, 5.41) is 6.45. The minimum absolute atomic E-state index is 0.610. The molecule has 0 bridgehead atoms. The summed E-state index contributed by atoms with van der Waals surface area (Å²) in [6.45, 7) is 0. The quantitative estimate of drug-likeness (QED) is 0.304. The molecule has 0 spiro atoms. The molecule has 0 unspecified atom stereocenters. The Bertz CT molecular complexity index is 1020. The fraction of sp³-hybridized carbons (Fsp3) is 0.100. The summed E-state index contributed by atoms with van der Waals surface area (Å²) in [5.41, 5.74) is 0.